The van der Waals surface area contributed by atoms with Crippen LogP contribution < -0.4 is 0 Å². The molecule has 2 aliphatic rings. The van der Waals surface area contributed by atoms with Crippen LogP contribution in [-0.4, -0.2) is 46.1 Å². The molecule has 0 bridgehead atoms. The molecule has 0 aromatic heterocycles. The molecular formula is C11H19NO2S2. The molecule has 92 valence electrons. The van der Waals surface area contributed by atoms with Crippen LogP contribution in [0.4, 0.5) is 0 Å². The highest BCUT2D eigenvalue weighted by Crippen LogP contribution is 2.39. The summed E-state index contributed by atoms with van der Waals surface area (Å²) in [5, 5.41) is 9.91. The fraction of sp³-hybridized carbons (Fsp3) is 0.909. The Balaban J connectivity index is 1.49. The van der Waals surface area contributed by atoms with Gasteiger partial charge in [0.05, 0.1) is 6.10 Å². The maximum absolute atomic E-state index is 11.6. The fourth-order valence-electron chi connectivity index (χ4n) is 2.03. The Kier molecular flexibility index (Phi) is 4.85. The zero-order valence-corrected chi connectivity index (χ0v) is 11.1. The molecule has 0 saturated carbocycles. The first-order valence-corrected chi connectivity index (χ1v) is 8.38. The number of amides is 1. The van der Waals surface area contributed by atoms with Gasteiger partial charge < -0.3 is 10.0 Å². The van der Waals surface area contributed by atoms with Crippen molar-refractivity contribution in [2.24, 2.45) is 0 Å². The van der Waals surface area contributed by atoms with Gasteiger partial charge in [-0.3, -0.25) is 4.79 Å². The van der Waals surface area contributed by atoms with Crippen LogP contribution in [0.1, 0.15) is 32.1 Å². The number of likely N-dealkylation sites (tertiary alicyclic amines) is 1. The second-order valence-electron chi connectivity index (χ2n) is 4.53. The van der Waals surface area contributed by atoms with E-state index in [0.29, 0.717) is 19.5 Å². The lowest BCUT2D eigenvalue weighted by Gasteiger charge is -2.35. The Bertz CT molecular complexity index is 238. The highest BCUT2D eigenvalue weighted by atomic mass is 33.1. The number of β-amino-alcohol motifs (C(OH)–C–C–N with tert-alkyl or cyclic N) is 1. The van der Waals surface area contributed by atoms with Gasteiger partial charge >= 0.3 is 0 Å². The van der Waals surface area contributed by atoms with E-state index in [9.17, 15) is 4.79 Å². The van der Waals surface area contributed by atoms with Crippen molar-refractivity contribution in [3.8, 4) is 0 Å². The molecule has 0 aliphatic carbocycles. The number of rotatable bonds is 5. The quantitative estimate of drug-likeness (QED) is 0.606. The van der Waals surface area contributed by atoms with Gasteiger partial charge in [0.2, 0.25) is 5.91 Å². The maximum Gasteiger partial charge on any atom is 0.222 e. The van der Waals surface area contributed by atoms with Crippen LogP contribution in [0.5, 0.6) is 0 Å². The SMILES string of the molecule is O=C(CCCC[C@@H]1CCSS1)N1CC(O)C1. The first-order valence-electron chi connectivity index (χ1n) is 6.00. The van der Waals surface area contributed by atoms with E-state index in [1.807, 2.05) is 21.6 Å². The Hall–Kier alpha value is 0.130. The van der Waals surface area contributed by atoms with Gasteiger partial charge in [-0.25, -0.2) is 0 Å². The average Bonchev–Trinajstić information content (AvgIpc) is 2.72. The van der Waals surface area contributed by atoms with Gasteiger partial charge in [-0.15, -0.1) is 0 Å². The molecule has 2 rings (SSSR count). The Morgan fingerprint density at radius 3 is 2.81 bits per heavy atom. The Morgan fingerprint density at radius 1 is 1.38 bits per heavy atom. The summed E-state index contributed by atoms with van der Waals surface area (Å²) < 4.78 is 0. The van der Waals surface area contributed by atoms with Crippen LogP contribution in [0, 0.1) is 0 Å². The number of carbonyl (C=O) groups is 1. The first kappa shape index (κ1) is 12.6. The minimum Gasteiger partial charge on any atom is -0.389 e. The number of hydrogen-bond donors (Lipinski definition) is 1. The summed E-state index contributed by atoms with van der Waals surface area (Å²) in [6.07, 6.45) is 5.16. The highest BCUT2D eigenvalue weighted by molar-refractivity contribution is 8.77. The summed E-state index contributed by atoms with van der Waals surface area (Å²) in [5.74, 6) is 1.51. The molecule has 1 amide bonds. The van der Waals surface area contributed by atoms with Crippen LogP contribution >= 0.6 is 21.6 Å². The van der Waals surface area contributed by atoms with Gasteiger partial charge in [-0.05, 0) is 19.3 Å². The van der Waals surface area contributed by atoms with Crippen LogP contribution in [0.2, 0.25) is 0 Å². The zero-order chi connectivity index (χ0) is 11.4. The topological polar surface area (TPSA) is 40.5 Å². The second-order valence-corrected chi connectivity index (χ2v) is 7.31. The standard InChI is InChI=1S/C11H19NO2S2/c13-9-7-12(8-9)11(14)4-2-1-3-10-5-6-15-16-10/h9-10,13H,1-8H2/t10-/m1/s1. The number of carbonyl (C=O) groups excluding carboxylic acids is 1. The summed E-state index contributed by atoms with van der Waals surface area (Å²) >= 11 is 0. The lowest BCUT2D eigenvalue weighted by molar-refractivity contribution is -0.141. The fourth-order valence-corrected chi connectivity index (χ4v) is 5.06. The molecule has 16 heavy (non-hydrogen) atoms. The average molecular weight is 261 g/mol. The monoisotopic (exact) mass is 261 g/mol. The molecule has 0 unspecified atom stereocenters. The summed E-state index contributed by atoms with van der Waals surface area (Å²) in [4.78, 5) is 13.3. The molecule has 5 heteroatoms. The lowest BCUT2D eigenvalue weighted by atomic mass is 10.1. The molecule has 2 saturated heterocycles. The minimum absolute atomic E-state index is 0.221. The first-order chi connectivity index (χ1) is 7.75. The Morgan fingerprint density at radius 2 is 2.19 bits per heavy atom. The molecule has 1 N–H and O–H groups in total. The Labute approximate surface area is 105 Å². The highest BCUT2D eigenvalue weighted by Gasteiger charge is 2.28. The second kappa shape index (κ2) is 6.17. The van der Waals surface area contributed by atoms with E-state index in [1.54, 1.807) is 4.90 Å². The van der Waals surface area contributed by atoms with Gasteiger partial charge in [-0.2, -0.15) is 0 Å². The van der Waals surface area contributed by atoms with Gasteiger partial charge in [0, 0.05) is 30.5 Å². The van der Waals surface area contributed by atoms with E-state index in [0.717, 1.165) is 11.7 Å². The van der Waals surface area contributed by atoms with E-state index >= 15 is 0 Å². The summed E-state index contributed by atoms with van der Waals surface area (Å²) in [5.41, 5.74) is 0. The van der Waals surface area contributed by atoms with Crippen LogP contribution in [0.15, 0.2) is 0 Å². The third-order valence-electron chi connectivity index (χ3n) is 3.11. The van der Waals surface area contributed by atoms with Crippen molar-refractivity contribution < 1.29 is 9.90 Å². The van der Waals surface area contributed by atoms with Crippen molar-refractivity contribution in [3.05, 3.63) is 0 Å². The molecule has 0 aromatic carbocycles. The third kappa shape index (κ3) is 3.57. The van der Waals surface area contributed by atoms with Crippen LogP contribution in [-0.2, 0) is 4.79 Å². The molecule has 0 aromatic rings. The third-order valence-corrected chi connectivity index (χ3v) is 6.12. The number of hydrogen-bond acceptors (Lipinski definition) is 4. The molecular weight excluding hydrogens is 242 g/mol. The molecule has 0 radical (unpaired) electrons. The van der Waals surface area contributed by atoms with E-state index in [2.05, 4.69) is 0 Å². The van der Waals surface area contributed by atoms with Gasteiger partial charge in [0.25, 0.3) is 0 Å². The lowest BCUT2D eigenvalue weighted by Crippen LogP contribution is -2.53. The summed E-state index contributed by atoms with van der Waals surface area (Å²) in [7, 11) is 3.99. The molecule has 0 spiro atoms. The molecule has 2 aliphatic heterocycles. The normalized spacial score (nSPS) is 25.8. The van der Waals surface area contributed by atoms with Gasteiger partial charge in [0.15, 0.2) is 0 Å². The molecule has 1 atom stereocenters. The van der Waals surface area contributed by atoms with Crippen molar-refractivity contribution in [1.29, 1.82) is 0 Å². The van der Waals surface area contributed by atoms with E-state index in [4.69, 9.17) is 5.11 Å². The number of aliphatic hydroxyl groups excluding tert-OH is 1. The van der Waals surface area contributed by atoms with Gasteiger partial charge in [0.1, 0.15) is 0 Å². The van der Waals surface area contributed by atoms with Crippen molar-refractivity contribution in [3.63, 3.8) is 0 Å². The molecule has 2 heterocycles. The number of aliphatic hydroxyl groups is 1. The maximum atomic E-state index is 11.6. The van der Waals surface area contributed by atoms with Crippen molar-refractivity contribution in [2.75, 3.05) is 18.8 Å². The smallest absolute Gasteiger partial charge is 0.222 e. The summed E-state index contributed by atoms with van der Waals surface area (Å²) in [6.45, 7) is 1.10. The number of unbranched alkanes of at least 4 members (excludes halogenated alkanes) is 1. The van der Waals surface area contributed by atoms with E-state index < -0.39 is 0 Å². The van der Waals surface area contributed by atoms with Crippen LogP contribution in [0.25, 0.3) is 0 Å². The predicted octanol–water partition coefficient (Wildman–Crippen LogP) is 1.90. The zero-order valence-electron chi connectivity index (χ0n) is 9.43. The predicted molar refractivity (Wildman–Crippen MR) is 69.5 cm³/mol. The molecule has 2 fully saturated rings. The van der Waals surface area contributed by atoms with Crippen molar-refractivity contribution in [2.45, 2.75) is 43.5 Å². The minimum atomic E-state index is -0.268. The van der Waals surface area contributed by atoms with E-state index in [1.165, 1.54) is 25.0 Å². The van der Waals surface area contributed by atoms with Crippen molar-refractivity contribution in [1.82, 2.24) is 4.90 Å². The van der Waals surface area contributed by atoms with Crippen LogP contribution in [0.3, 0.4) is 0 Å². The van der Waals surface area contributed by atoms with Gasteiger partial charge in [-0.1, -0.05) is 28.0 Å². The van der Waals surface area contributed by atoms with E-state index in [-0.39, 0.29) is 12.0 Å². The summed E-state index contributed by atoms with van der Waals surface area (Å²) in [6, 6.07) is 0. The number of nitrogens with zero attached hydrogens (tertiary/aromatic N) is 1. The largest absolute Gasteiger partial charge is 0.389 e. The van der Waals surface area contributed by atoms with Crippen molar-refractivity contribution >= 4 is 27.5 Å². The molecule has 3 nitrogen and oxygen atoms in total.